The van der Waals surface area contributed by atoms with Crippen molar-refractivity contribution in [3.05, 3.63) is 205 Å². The van der Waals surface area contributed by atoms with Crippen LogP contribution in [0.3, 0.4) is 0 Å². The summed E-state index contributed by atoms with van der Waals surface area (Å²) in [5.74, 6) is 1.46. The predicted octanol–water partition coefficient (Wildman–Crippen LogP) is 13.0. The second-order valence-electron chi connectivity index (χ2n) is 14.8. The molecular weight excluding hydrogens is 727 g/mol. The molecule has 6 heteroatoms. The molecule has 0 saturated heterocycles. The Hall–Kier alpha value is -7.41. The van der Waals surface area contributed by atoms with Gasteiger partial charge in [0.05, 0.1) is 26.9 Å². The molecule has 11 aromatic rings. The Balaban J connectivity index is 0.978. The molecule has 0 bridgehead atoms. The number of benzene rings is 8. The van der Waals surface area contributed by atoms with Crippen LogP contribution in [0.1, 0.15) is 22.9 Å². The van der Waals surface area contributed by atoms with E-state index in [1.165, 1.54) is 52.8 Å². The number of nitrogens with one attached hydrogen (secondary N) is 1. The number of thiophene rings is 1. The number of rotatable bonds is 5. The molecule has 1 unspecified atom stereocenters. The van der Waals surface area contributed by atoms with Crippen LogP contribution in [0, 0.1) is 0 Å². The van der Waals surface area contributed by atoms with Gasteiger partial charge in [0.2, 0.25) is 0 Å². The summed E-state index contributed by atoms with van der Waals surface area (Å²) in [5.41, 5.74) is 9.52. The molecule has 272 valence electrons. The topological polar surface area (TPSA) is 54.6 Å². The summed E-state index contributed by atoms with van der Waals surface area (Å²) < 4.78 is 4.79. The van der Waals surface area contributed by atoms with E-state index >= 15 is 0 Å². The van der Waals surface area contributed by atoms with Gasteiger partial charge in [-0.15, -0.1) is 11.3 Å². The molecule has 3 aromatic heterocycles. The molecule has 0 fully saturated rings. The van der Waals surface area contributed by atoms with Crippen LogP contribution in [-0.2, 0) is 0 Å². The quantitative estimate of drug-likeness (QED) is 0.178. The smallest absolute Gasteiger partial charge is 0.159 e. The summed E-state index contributed by atoms with van der Waals surface area (Å²) in [6.07, 6.45) is -0.349. The number of fused-ring (bicyclic) bond motifs is 10. The monoisotopic (exact) mass is 759 g/mol. The third kappa shape index (κ3) is 5.19. The highest BCUT2D eigenvalue weighted by molar-refractivity contribution is 7.26. The fourth-order valence-electron chi connectivity index (χ4n) is 8.72. The molecule has 1 aliphatic heterocycles. The van der Waals surface area contributed by atoms with Gasteiger partial charge in [0, 0.05) is 59.4 Å². The Kier molecular flexibility index (Phi) is 7.40. The lowest BCUT2D eigenvalue weighted by Gasteiger charge is -2.24. The zero-order valence-electron chi connectivity index (χ0n) is 31.2. The van der Waals surface area contributed by atoms with Gasteiger partial charge in [0.15, 0.2) is 5.84 Å². The van der Waals surface area contributed by atoms with E-state index in [2.05, 4.69) is 180 Å². The summed E-state index contributed by atoms with van der Waals surface area (Å²) in [5, 5.41) is 12.3. The van der Waals surface area contributed by atoms with Gasteiger partial charge in [0.25, 0.3) is 0 Å². The second kappa shape index (κ2) is 13.1. The molecule has 5 nitrogen and oxygen atoms in total. The summed E-state index contributed by atoms with van der Waals surface area (Å²) >= 11 is 1.81. The first-order chi connectivity index (χ1) is 28.7. The largest absolute Gasteiger partial charge is 0.344 e. The van der Waals surface area contributed by atoms with Crippen molar-refractivity contribution >= 4 is 86.7 Å². The van der Waals surface area contributed by atoms with Crippen LogP contribution in [0.4, 0.5) is 0 Å². The lowest BCUT2D eigenvalue weighted by atomic mass is 9.99. The van der Waals surface area contributed by atoms with E-state index in [0.717, 1.165) is 50.4 Å². The fourth-order valence-corrected chi connectivity index (χ4v) is 9.95. The molecule has 1 atom stereocenters. The van der Waals surface area contributed by atoms with Crippen molar-refractivity contribution in [2.45, 2.75) is 6.17 Å². The molecule has 1 aliphatic rings. The maximum atomic E-state index is 5.50. The number of nitrogens with zero attached hydrogens (tertiary/aromatic N) is 4. The highest BCUT2D eigenvalue weighted by Gasteiger charge is 2.23. The highest BCUT2D eigenvalue weighted by atomic mass is 32.1. The van der Waals surface area contributed by atoms with Crippen LogP contribution in [-0.4, -0.2) is 21.2 Å². The summed E-state index contributed by atoms with van der Waals surface area (Å²) in [6.45, 7) is 0. The van der Waals surface area contributed by atoms with Crippen LogP contribution in [0.25, 0.3) is 80.6 Å². The highest BCUT2D eigenvalue weighted by Crippen LogP contribution is 2.44. The van der Waals surface area contributed by atoms with E-state index in [9.17, 15) is 0 Å². The number of para-hydroxylation sites is 2. The standard InChI is InChI=1S/C52H33N5S/c1-2-14-33(15-3-1)50-54-51(34-25-28-37(29-26-34)57-43-22-9-6-19-39(43)40-20-7-10-23-44(40)57)56-52(55-50)36-17-12-16-35(31-36)47-49-46(41-21-8-11-24-45(41)58-49)42-30-27-32-13-4-5-18-38(32)48(42)53-47/h1-31,51H,(H,54,55,56). The van der Waals surface area contributed by atoms with Gasteiger partial charge in [0.1, 0.15) is 12.0 Å². The maximum absolute atomic E-state index is 5.50. The lowest BCUT2D eigenvalue weighted by Crippen LogP contribution is -2.33. The number of aromatic nitrogens is 2. The van der Waals surface area contributed by atoms with Crippen molar-refractivity contribution in [3.63, 3.8) is 0 Å². The second-order valence-corrected chi connectivity index (χ2v) is 15.9. The average Bonchev–Trinajstić information content (AvgIpc) is 3.86. The third-order valence-electron chi connectivity index (χ3n) is 11.4. The van der Waals surface area contributed by atoms with E-state index in [4.69, 9.17) is 15.0 Å². The van der Waals surface area contributed by atoms with E-state index in [1.54, 1.807) is 0 Å². The SMILES string of the molecule is c1ccc(C2=NC(c3ccc(-n4c5ccccc5c5ccccc54)cc3)NC(c3cccc(-c4nc5c6ccccc6ccc5c5c4sc4ccccc45)c3)=N2)cc1. The first kappa shape index (κ1) is 32.8. The molecule has 12 rings (SSSR count). The predicted molar refractivity (Wildman–Crippen MR) is 244 cm³/mol. The molecule has 0 spiro atoms. The molecule has 4 heterocycles. The number of hydrogen-bond donors (Lipinski definition) is 1. The van der Waals surface area contributed by atoms with E-state index in [0.29, 0.717) is 5.84 Å². The van der Waals surface area contributed by atoms with E-state index < -0.39 is 0 Å². The van der Waals surface area contributed by atoms with E-state index in [-0.39, 0.29) is 6.17 Å². The van der Waals surface area contributed by atoms with Crippen molar-refractivity contribution in [3.8, 4) is 16.9 Å². The van der Waals surface area contributed by atoms with Gasteiger partial charge in [-0.2, -0.15) is 0 Å². The third-order valence-corrected chi connectivity index (χ3v) is 12.6. The molecule has 0 radical (unpaired) electrons. The summed E-state index contributed by atoms with van der Waals surface area (Å²) in [6, 6.07) is 66.6. The Morgan fingerprint density at radius 1 is 0.517 bits per heavy atom. The molecule has 58 heavy (non-hydrogen) atoms. The average molecular weight is 760 g/mol. The Morgan fingerprint density at radius 3 is 1.97 bits per heavy atom. The van der Waals surface area contributed by atoms with Gasteiger partial charge in [-0.25, -0.2) is 15.0 Å². The van der Waals surface area contributed by atoms with Crippen molar-refractivity contribution in [1.82, 2.24) is 14.9 Å². The number of hydrogen-bond acceptors (Lipinski definition) is 5. The molecule has 8 aromatic carbocycles. The zero-order chi connectivity index (χ0) is 38.2. The summed E-state index contributed by atoms with van der Waals surface area (Å²) in [7, 11) is 0. The number of pyridine rings is 1. The lowest BCUT2D eigenvalue weighted by molar-refractivity contribution is 0.674. The van der Waals surface area contributed by atoms with Gasteiger partial charge in [-0.3, -0.25) is 0 Å². The minimum Gasteiger partial charge on any atom is -0.344 e. The van der Waals surface area contributed by atoms with Crippen LogP contribution in [0.5, 0.6) is 0 Å². The Morgan fingerprint density at radius 2 is 1.17 bits per heavy atom. The molecule has 1 N–H and O–H groups in total. The van der Waals surface area contributed by atoms with Crippen LogP contribution >= 0.6 is 11.3 Å². The normalized spacial score (nSPS) is 14.4. The van der Waals surface area contributed by atoms with Gasteiger partial charge < -0.3 is 9.88 Å². The molecule has 0 amide bonds. The fraction of sp³-hybridized carbons (Fsp3) is 0.0192. The van der Waals surface area contributed by atoms with Crippen LogP contribution < -0.4 is 5.32 Å². The van der Waals surface area contributed by atoms with Crippen molar-refractivity contribution < 1.29 is 0 Å². The maximum Gasteiger partial charge on any atom is 0.159 e. The van der Waals surface area contributed by atoms with E-state index in [1.807, 2.05) is 29.5 Å². The van der Waals surface area contributed by atoms with Crippen LogP contribution in [0.15, 0.2) is 198 Å². The van der Waals surface area contributed by atoms with Gasteiger partial charge in [-0.05, 0) is 47.3 Å². The van der Waals surface area contributed by atoms with Crippen molar-refractivity contribution in [2.24, 2.45) is 9.98 Å². The first-order valence-corrected chi connectivity index (χ1v) is 20.4. The minimum absolute atomic E-state index is 0.349. The Bertz CT molecular complexity index is 3430. The first-order valence-electron chi connectivity index (χ1n) is 19.6. The Labute approximate surface area is 337 Å². The van der Waals surface area contributed by atoms with Crippen molar-refractivity contribution in [2.75, 3.05) is 0 Å². The van der Waals surface area contributed by atoms with Crippen molar-refractivity contribution in [1.29, 1.82) is 0 Å². The van der Waals surface area contributed by atoms with Gasteiger partial charge in [-0.1, -0.05) is 152 Å². The zero-order valence-corrected chi connectivity index (χ0v) is 32.0. The van der Waals surface area contributed by atoms with Crippen LogP contribution in [0.2, 0.25) is 0 Å². The number of amidine groups is 2. The molecular formula is C52H33N5S. The molecule has 0 saturated carbocycles. The van der Waals surface area contributed by atoms with Gasteiger partial charge >= 0.3 is 0 Å². The summed E-state index contributed by atoms with van der Waals surface area (Å²) in [4.78, 5) is 15.9. The molecule has 0 aliphatic carbocycles. The number of aliphatic imine (C=N–C) groups is 2. The minimum atomic E-state index is -0.349.